The fourth-order valence-corrected chi connectivity index (χ4v) is 6.19. The van der Waals surface area contributed by atoms with Gasteiger partial charge in [0, 0.05) is 30.1 Å². The molecule has 0 spiro atoms. The lowest BCUT2D eigenvalue weighted by atomic mass is 9.50. The zero-order chi connectivity index (χ0) is 17.1. The van der Waals surface area contributed by atoms with E-state index in [1.165, 1.54) is 11.1 Å². The van der Waals surface area contributed by atoms with Crippen LogP contribution >= 0.6 is 0 Å². The third-order valence-corrected chi connectivity index (χ3v) is 7.35. The Labute approximate surface area is 143 Å². The lowest BCUT2D eigenvalue weighted by molar-refractivity contribution is -0.127. The number of hydrogen-bond donors (Lipinski definition) is 0. The van der Waals surface area contributed by atoms with Gasteiger partial charge in [0.1, 0.15) is 11.6 Å². The summed E-state index contributed by atoms with van der Waals surface area (Å²) in [6.07, 6.45) is 10.4. The molecular weight excluding hydrogens is 300 g/mol. The van der Waals surface area contributed by atoms with Gasteiger partial charge in [0.25, 0.3) is 0 Å². The molecule has 128 valence electrons. The van der Waals surface area contributed by atoms with Gasteiger partial charge < -0.3 is 0 Å². The van der Waals surface area contributed by atoms with Crippen LogP contribution in [0.5, 0.6) is 0 Å². The molecular formula is C21H26O3. The van der Waals surface area contributed by atoms with Crippen molar-refractivity contribution in [2.75, 3.05) is 0 Å². The molecule has 4 rings (SSSR count). The summed E-state index contributed by atoms with van der Waals surface area (Å²) in [4.78, 5) is 36.5. The Morgan fingerprint density at radius 3 is 2.75 bits per heavy atom. The second-order valence-corrected chi connectivity index (χ2v) is 8.59. The van der Waals surface area contributed by atoms with E-state index in [1.54, 1.807) is 6.92 Å². The molecule has 3 nitrogen and oxygen atoms in total. The summed E-state index contributed by atoms with van der Waals surface area (Å²) in [6.45, 7) is 3.81. The maximum Gasteiger partial charge on any atom is 0.155 e. The van der Waals surface area contributed by atoms with Gasteiger partial charge in [-0.15, -0.1) is 0 Å². The lowest BCUT2D eigenvalue weighted by Crippen LogP contribution is -2.46. The molecule has 0 aliphatic heterocycles. The first-order valence-electron chi connectivity index (χ1n) is 9.34. The van der Waals surface area contributed by atoms with E-state index < -0.39 is 0 Å². The number of carbonyl (C=O) groups excluding carboxylic acids is 3. The molecule has 0 saturated heterocycles. The van der Waals surface area contributed by atoms with Gasteiger partial charge in [-0.1, -0.05) is 24.1 Å². The SMILES string of the molecule is CC(=O)C[C@]12CCC(=O)C=C1CC[C@@H]1C2=CC[C@]2(C)C(=O)CC[C@@H]12. The van der Waals surface area contributed by atoms with Gasteiger partial charge in [-0.3, -0.25) is 14.4 Å². The van der Waals surface area contributed by atoms with E-state index in [0.717, 1.165) is 32.1 Å². The highest BCUT2D eigenvalue weighted by molar-refractivity contribution is 5.93. The molecule has 0 bridgehead atoms. The fraction of sp³-hybridized carbons (Fsp3) is 0.667. The summed E-state index contributed by atoms with van der Waals surface area (Å²) in [6, 6.07) is 0. The van der Waals surface area contributed by atoms with Gasteiger partial charge in [-0.05, 0) is 56.9 Å². The van der Waals surface area contributed by atoms with Crippen molar-refractivity contribution in [3.05, 3.63) is 23.3 Å². The minimum absolute atomic E-state index is 0.197. The van der Waals surface area contributed by atoms with Crippen LogP contribution in [0.1, 0.15) is 65.2 Å². The van der Waals surface area contributed by atoms with Crippen LogP contribution in [0.3, 0.4) is 0 Å². The highest BCUT2D eigenvalue weighted by Crippen LogP contribution is 2.63. The van der Waals surface area contributed by atoms with Crippen molar-refractivity contribution in [2.24, 2.45) is 22.7 Å². The number of fused-ring (bicyclic) bond motifs is 5. The molecule has 24 heavy (non-hydrogen) atoms. The van der Waals surface area contributed by atoms with Gasteiger partial charge in [-0.2, -0.15) is 0 Å². The Kier molecular flexibility index (Phi) is 3.49. The van der Waals surface area contributed by atoms with Gasteiger partial charge in [0.15, 0.2) is 5.78 Å². The van der Waals surface area contributed by atoms with E-state index in [0.29, 0.717) is 36.9 Å². The number of ketones is 3. The summed E-state index contributed by atoms with van der Waals surface area (Å²) in [5.74, 6) is 1.67. The average Bonchev–Trinajstić information content (AvgIpc) is 2.83. The molecule has 0 N–H and O–H groups in total. The summed E-state index contributed by atoms with van der Waals surface area (Å²) in [5, 5.41) is 0. The van der Waals surface area contributed by atoms with Crippen molar-refractivity contribution in [3.63, 3.8) is 0 Å². The first-order chi connectivity index (χ1) is 11.4. The topological polar surface area (TPSA) is 51.2 Å². The number of rotatable bonds is 2. The number of Topliss-reactive ketones (excluding diaryl/α,β-unsaturated/α-hetero) is 2. The predicted molar refractivity (Wildman–Crippen MR) is 91.3 cm³/mol. The van der Waals surface area contributed by atoms with Gasteiger partial charge in [-0.25, -0.2) is 0 Å². The van der Waals surface area contributed by atoms with Gasteiger partial charge >= 0.3 is 0 Å². The molecule has 0 aromatic carbocycles. The average molecular weight is 326 g/mol. The Balaban J connectivity index is 1.82. The second kappa shape index (κ2) is 5.24. The molecule has 4 atom stereocenters. The third kappa shape index (κ3) is 2.06. The van der Waals surface area contributed by atoms with E-state index in [9.17, 15) is 14.4 Å². The number of hydrogen-bond acceptors (Lipinski definition) is 3. The molecule has 0 amide bonds. The fourth-order valence-electron chi connectivity index (χ4n) is 6.19. The standard InChI is InChI=1S/C21H26O3/c1-13(22)12-21-10-7-15(23)11-14(21)3-4-16-17-5-6-19(24)20(17,2)9-8-18(16)21/h8,11,16-17H,3-7,9-10,12H2,1-2H3/t16-,17-,20-,21+/m0/s1. The van der Waals surface area contributed by atoms with E-state index in [-0.39, 0.29) is 22.4 Å². The van der Waals surface area contributed by atoms with E-state index in [4.69, 9.17) is 0 Å². The molecule has 3 heteroatoms. The van der Waals surface area contributed by atoms with Crippen LogP contribution < -0.4 is 0 Å². The Bertz CT molecular complexity index is 698. The second-order valence-electron chi connectivity index (χ2n) is 8.59. The maximum absolute atomic E-state index is 12.4. The molecule has 2 saturated carbocycles. The Morgan fingerprint density at radius 1 is 1.21 bits per heavy atom. The zero-order valence-corrected chi connectivity index (χ0v) is 14.7. The van der Waals surface area contributed by atoms with E-state index in [1.807, 2.05) is 6.08 Å². The van der Waals surface area contributed by atoms with Crippen LogP contribution in [0.4, 0.5) is 0 Å². The number of allylic oxidation sites excluding steroid dienone is 4. The van der Waals surface area contributed by atoms with Crippen LogP contribution in [-0.2, 0) is 14.4 Å². The highest BCUT2D eigenvalue weighted by Gasteiger charge is 2.57. The van der Waals surface area contributed by atoms with Crippen molar-refractivity contribution >= 4 is 17.3 Å². The third-order valence-electron chi connectivity index (χ3n) is 7.35. The smallest absolute Gasteiger partial charge is 0.155 e. The first kappa shape index (κ1) is 16.0. The van der Waals surface area contributed by atoms with Gasteiger partial charge in [0.05, 0.1) is 0 Å². The molecule has 0 aromatic heterocycles. The van der Waals surface area contributed by atoms with Crippen molar-refractivity contribution in [2.45, 2.75) is 65.2 Å². The molecule has 4 aliphatic rings. The largest absolute Gasteiger partial charge is 0.300 e. The van der Waals surface area contributed by atoms with Crippen molar-refractivity contribution in [1.29, 1.82) is 0 Å². The van der Waals surface area contributed by atoms with Crippen LogP contribution in [0, 0.1) is 22.7 Å². The Hall–Kier alpha value is -1.51. The number of carbonyl (C=O) groups is 3. The summed E-state index contributed by atoms with van der Waals surface area (Å²) in [7, 11) is 0. The first-order valence-corrected chi connectivity index (χ1v) is 9.34. The lowest BCUT2D eigenvalue weighted by Gasteiger charge is -2.53. The van der Waals surface area contributed by atoms with Gasteiger partial charge in [0.2, 0.25) is 0 Å². The normalized spacial score (nSPS) is 41.1. The molecule has 0 aromatic rings. The van der Waals surface area contributed by atoms with Crippen molar-refractivity contribution < 1.29 is 14.4 Å². The molecule has 2 fully saturated rings. The summed E-state index contributed by atoms with van der Waals surface area (Å²) in [5.41, 5.74) is 2.15. The maximum atomic E-state index is 12.4. The molecule has 0 heterocycles. The van der Waals surface area contributed by atoms with Crippen LogP contribution in [-0.4, -0.2) is 17.3 Å². The highest BCUT2D eigenvalue weighted by atomic mass is 16.1. The molecule has 0 radical (unpaired) electrons. The zero-order valence-electron chi connectivity index (χ0n) is 14.7. The minimum atomic E-state index is -0.227. The van der Waals surface area contributed by atoms with E-state index >= 15 is 0 Å². The van der Waals surface area contributed by atoms with Crippen LogP contribution in [0.25, 0.3) is 0 Å². The Morgan fingerprint density at radius 2 is 2.00 bits per heavy atom. The minimum Gasteiger partial charge on any atom is -0.300 e. The molecule has 0 unspecified atom stereocenters. The van der Waals surface area contributed by atoms with Crippen LogP contribution in [0.2, 0.25) is 0 Å². The molecule has 4 aliphatic carbocycles. The van der Waals surface area contributed by atoms with Crippen molar-refractivity contribution in [3.8, 4) is 0 Å². The predicted octanol–water partition coefficient (Wildman–Crippen LogP) is 3.97. The van der Waals surface area contributed by atoms with Crippen molar-refractivity contribution in [1.82, 2.24) is 0 Å². The quantitative estimate of drug-likeness (QED) is 0.722. The van der Waals surface area contributed by atoms with Crippen LogP contribution in [0.15, 0.2) is 23.3 Å². The van der Waals surface area contributed by atoms with E-state index in [2.05, 4.69) is 13.0 Å². The summed E-state index contributed by atoms with van der Waals surface area (Å²) >= 11 is 0. The monoisotopic (exact) mass is 326 g/mol. The summed E-state index contributed by atoms with van der Waals surface area (Å²) < 4.78 is 0.